The normalized spacial score (nSPS) is 12.7. The molecule has 0 radical (unpaired) electrons. The van der Waals surface area contributed by atoms with E-state index in [9.17, 15) is 8.78 Å². The van der Waals surface area contributed by atoms with Crippen molar-refractivity contribution in [3.63, 3.8) is 0 Å². The zero-order chi connectivity index (χ0) is 12.4. The Morgan fingerprint density at radius 2 is 2.12 bits per heavy atom. The maximum Gasteiger partial charge on any atom is 0.163 e. The zero-order valence-corrected chi connectivity index (χ0v) is 10.2. The molecule has 0 aliphatic rings. The van der Waals surface area contributed by atoms with Gasteiger partial charge in [0.15, 0.2) is 11.6 Å². The number of nitrogens with one attached hydrogen (secondary N) is 1. The highest BCUT2D eigenvalue weighted by atomic mass is 32.1. The van der Waals surface area contributed by atoms with E-state index >= 15 is 0 Å². The van der Waals surface area contributed by atoms with Gasteiger partial charge in [-0.3, -0.25) is 0 Å². The SMILES string of the molecule is CNC(c1cccc(F)c1F)c1snnc1C. The van der Waals surface area contributed by atoms with E-state index in [0.717, 1.165) is 16.6 Å². The Bertz CT molecular complexity index is 527. The fraction of sp³-hybridized carbons (Fsp3) is 0.273. The summed E-state index contributed by atoms with van der Waals surface area (Å²) in [5.41, 5.74) is 0.986. The van der Waals surface area contributed by atoms with Gasteiger partial charge in [0, 0.05) is 5.56 Å². The summed E-state index contributed by atoms with van der Waals surface area (Å²) < 4.78 is 30.7. The second-order valence-electron chi connectivity index (χ2n) is 3.59. The minimum atomic E-state index is -0.849. The molecule has 1 aromatic carbocycles. The quantitative estimate of drug-likeness (QED) is 0.915. The van der Waals surface area contributed by atoms with Crippen LogP contribution in [-0.4, -0.2) is 16.6 Å². The van der Waals surface area contributed by atoms with E-state index < -0.39 is 17.7 Å². The highest BCUT2D eigenvalue weighted by molar-refractivity contribution is 7.05. The Hall–Kier alpha value is -1.40. The Kier molecular flexibility index (Phi) is 3.44. The van der Waals surface area contributed by atoms with E-state index in [1.54, 1.807) is 20.0 Å². The van der Waals surface area contributed by atoms with Gasteiger partial charge in [0.25, 0.3) is 0 Å². The van der Waals surface area contributed by atoms with Crippen molar-refractivity contribution in [1.82, 2.24) is 14.9 Å². The first-order chi connectivity index (χ1) is 8.15. The third-order valence-corrected chi connectivity index (χ3v) is 3.42. The van der Waals surface area contributed by atoms with Crippen LogP contribution in [0.4, 0.5) is 8.78 Å². The molecule has 0 amide bonds. The summed E-state index contributed by atoms with van der Waals surface area (Å²) in [5, 5.41) is 6.83. The molecule has 3 nitrogen and oxygen atoms in total. The second-order valence-corrected chi connectivity index (χ2v) is 4.37. The lowest BCUT2D eigenvalue weighted by molar-refractivity contribution is 0.488. The van der Waals surface area contributed by atoms with Gasteiger partial charge in [0.2, 0.25) is 0 Å². The molecule has 0 bridgehead atoms. The molecule has 2 aromatic rings. The first-order valence-corrected chi connectivity index (χ1v) is 5.82. The average Bonchev–Trinajstić information content (AvgIpc) is 2.72. The number of aromatic nitrogens is 2. The van der Waals surface area contributed by atoms with Gasteiger partial charge < -0.3 is 5.32 Å². The summed E-state index contributed by atoms with van der Waals surface area (Å²) in [4.78, 5) is 0.789. The number of nitrogens with zero attached hydrogens (tertiary/aromatic N) is 2. The lowest BCUT2D eigenvalue weighted by atomic mass is 10.0. The van der Waals surface area contributed by atoms with E-state index in [1.165, 1.54) is 17.6 Å². The van der Waals surface area contributed by atoms with Gasteiger partial charge in [-0.25, -0.2) is 8.78 Å². The van der Waals surface area contributed by atoms with Crippen molar-refractivity contribution in [3.8, 4) is 0 Å². The standard InChI is InChI=1S/C11H11F2N3S/c1-6-11(17-16-15-6)10(14-2)7-4-3-5-8(12)9(7)13/h3-5,10,14H,1-2H3. The molecule has 0 saturated carbocycles. The summed E-state index contributed by atoms with van der Waals surface area (Å²) in [6.07, 6.45) is 0. The number of benzene rings is 1. The highest BCUT2D eigenvalue weighted by Gasteiger charge is 2.22. The lowest BCUT2D eigenvalue weighted by Crippen LogP contribution is -2.19. The average molecular weight is 255 g/mol. The van der Waals surface area contributed by atoms with Gasteiger partial charge in [0.1, 0.15) is 0 Å². The predicted molar refractivity (Wildman–Crippen MR) is 61.9 cm³/mol. The Morgan fingerprint density at radius 3 is 2.71 bits per heavy atom. The third kappa shape index (κ3) is 2.18. The highest BCUT2D eigenvalue weighted by Crippen LogP contribution is 2.28. The van der Waals surface area contributed by atoms with Crippen LogP contribution in [0, 0.1) is 18.6 Å². The van der Waals surface area contributed by atoms with Gasteiger partial charge in [-0.1, -0.05) is 16.6 Å². The van der Waals surface area contributed by atoms with Crippen LogP contribution in [0.2, 0.25) is 0 Å². The predicted octanol–water partition coefficient (Wildman–Crippen LogP) is 2.43. The van der Waals surface area contributed by atoms with Crippen LogP contribution in [0.3, 0.4) is 0 Å². The molecule has 1 N–H and O–H groups in total. The van der Waals surface area contributed by atoms with Crippen LogP contribution in [0.1, 0.15) is 22.2 Å². The topological polar surface area (TPSA) is 37.8 Å². The molecular formula is C11H11F2N3S. The fourth-order valence-electron chi connectivity index (χ4n) is 1.67. The van der Waals surface area contributed by atoms with Crippen LogP contribution in [0.15, 0.2) is 18.2 Å². The van der Waals surface area contributed by atoms with Crippen LogP contribution < -0.4 is 5.32 Å². The molecule has 90 valence electrons. The molecule has 0 fully saturated rings. The monoisotopic (exact) mass is 255 g/mol. The summed E-state index contributed by atoms with van der Waals surface area (Å²) in [6, 6.07) is 3.72. The molecule has 1 aromatic heterocycles. The molecular weight excluding hydrogens is 244 g/mol. The van der Waals surface area contributed by atoms with Crippen molar-refractivity contribution in [2.75, 3.05) is 7.05 Å². The summed E-state index contributed by atoms with van der Waals surface area (Å²) >= 11 is 1.18. The summed E-state index contributed by atoms with van der Waals surface area (Å²) in [6.45, 7) is 1.79. The van der Waals surface area contributed by atoms with Crippen LogP contribution in [-0.2, 0) is 0 Å². The second kappa shape index (κ2) is 4.85. The smallest absolute Gasteiger partial charge is 0.163 e. The van der Waals surface area contributed by atoms with Gasteiger partial charge in [-0.2, -0.15) is 0 Å². The summed E-state index contributed by atoms with van der Waals surface area (Å²) in [5.74, 6) is -1.68. The van der Waals surface area contributed by atoms with Crippen molar-refractivity contribution in [2.24, 2.45) is 0 Å². The van der Waals surface area contributed by atoms with Crippen molar-refractivity contribution < 1.29 is 8.78 Å². The number of hydrogen-bond donors (Lipinski definition) is 1. The van der Waals surface area contributed by atoms with Gasteiger partial charge in [-0.05, 0) is 31.6 Å². The molecule has 6 heteroatoms. The third-order valence-electron chi connectivity index (χ3n) is 2.53. The molecule has 1 unspecified atom stereocenters. The van der Waals surface area contributed by atoms with Crippen LogP contribution >= 0.6 is 11.5 Å². The minimum Gasteiger partial charge on any atom is -0.308 e. The molecule has 0 spiro atoms. The molecule has 2 rings (SSSR count). The Labute approximate surface area is 102 Å². The van der Waals surface area contributed by atoms with E-state index in [-0.39, 0.29) is 5.56 Å². The van der Waals surface area contributed by atoms with Crippen molar-refractivity contribution in [3.05, 3.63) is 46.0 Å². The number of rotatable bonds is 3. The van der Waals surface area contributed by atoms with E-state index in [1.807, 2.05) is 0 Å². The van der Waals surface area contributed by atoms with Gasteiger partial charge >= 0.3 is 0 Å². The van der Waals surface area contributed by atoms with Crippen LogP contribution in [0.25, 0.3) is 0 Å². The number of hydrogen-bond acceptors (Lipinski definition) is 4. The molecule has 1 heterocycles. The van der Waals surface area contributed by atoms with E-state index in [2.05, 4.69) is 14.9 Å². The first kappa shape index (κ1) is 12.1. The number of aryl methyl sites for hydroxylation is 1. The maximum absolute atomic E-state index is 13.7. The van der Waals surface area contributed by atoms with Crippen LogP contribution in [0.5, 0.6) is 0 Å². The Balaban J connectivity index is 2.50. The van der Waals surface area contributed by atoms with Crippen molar-refractivity contribution >= 4 is 11.5 Å². The van der Waals surface area contributed by atoms with E-state index in [0.29, 0.717) is 0 Å². The zero-order valence-electron chi connectivity index (χ0n) is 9.37. The molecule has 0 aliphatic carbocycles. The van der Waals surface area contributed by atoms with Crippen molar-refractivity contribution in [2.45, 2.75) is 13.0 Å². The summed E-state index contributed by atoms with van der Waals surface area (Å²) in [7, 11) is 1.69. The van der Waals surface area contributed by atoms with E-state index in [4.69, 9.17) is 0 Å². The molecule has 0 aliphatic heterocycles. The van der Waals surface area contributed by atoms with Crippen molar-refractivity contribution in [1.29, 1.82) is 0 Å². The molecule has 0 saturated heterocycles. The first-order valence-electron chi connectivity index (χ1n) is 5.05. The lowest BCUT2D eigenvalue weighted by Gasteiger charge is -2.15. The molecule has 1 atom stereocenters. The number of halogens is 2. The molecule has 17 heavy (non-hydrogen) atoms. The Morgan fingerprint density at radius 1 is 1.35 bits per heavy atom. The van der Waals surface area contributed by atoms with Gasteiger partial charge in [0.05, 0.1) is 16.6 Å². The largest absolute Gasteiger partial charge is 0.308 e. The van der Waals surface area contributed by atoms with Gasteiger partial charge in [-0.15, -0.1) is 5.10 Å². The fourth-order valence-corrected chi connectivity index (χ4v) is 2.45. The maximum atomic E-state index is 13.7. The minimum absolute atomic E-state index is 0.265.